The zero-order valence-corrected chi connectivity index (χ0v) is 23.2. The van der Waals surface area contributed by atoms with Gasteiger partial charge in [-0.05, 0) is 84.9 Å². The van der Waals surface area contributed by atoms with E-state index in [-0.39, 0.29) is 41.1 Å². The quantitative estimate of drug-likeness (QED) is 0.315. The number of pyridine rings is 1. The molecule has 41 heavy (non-hydrogen) atoms. The second-order valence-corrected chi connectivity index (χ2v) is 11.2. The monoisotopic (exact) mass is 561 g/mol. The number of ether oxygens (including phenoxy) is 1. The molecule has 0 saturated heterocycles. The molecule has 0 unspecified atom stereocenters. The third-order valence-corrected chi connectivity index (χ3v) is 8.44. The molecule has 0 radical (unpaired) electrons. The predicted octanol–water partition coefficient (Wildman–Crippen LogP) is 5.60. The Balaban J connectivity index is 1.28. The maximum absolute atomic E-state index is 15.1. The molecular weight excluding hydrogens is 528 g/mol. The minimum atomic E-state index is -0.623. The topological polar surface area (TPSA) is 111 Å². The van der Waals surface area contributed by atoms with Gasteiger partial charge in [-0.15, -0.1) is 0 Å². The summed E-state index contributed by atoms with van der Waals surface area (Å²) in [5, 5.41) is 7.89. The highest BCUT2D eigenvalue weighted by Crippen LogP contribution is 2.42. The first kappa shape index (κ1) is 27.1. The molecule has 0 spiro atoms. The van der Waals surface area contributed by atoms with E-state index in [4.69, 9.17) is 10.5 Å². The first-order valence-corrected chi connectivity index (χ1v) is 13.9. The van der Waals surface area contributed by atoms with E-state index in [9.17, 15) is 4.79 Å². The van der Waals surface area contributed by atoms with Gasteiger partial charge >= 0.3 is 6.09 Å². The number of anilines is 2. The molecular formula is C30H33F2N7O2. The summed E-state index contributed by atoms with van der Waals surface area (Å²) in [6, 6.07) is 7.73. The molecule has 1 amide bonds. The molecule has 3 N–H and O–H groups in total. The molecule has 2 saturated carbocycles. The molecule has 11 heteroatoms. The smallest absolute Gasteiger partial charge is 0.409 e. The van der Waals surface area contributed by atoms with E-state index in [0.29, 0.717) is 23.4 Å². The summed E-state index contributed by atoms with van der Waals surface area (Å²) in [5.41, 5.74) is 9.74. The maximum atomic E-state index is 15.1. The number of benzene rings is 1. The SMILES string of the molecule is COC(=O)N(C)[C@@H]1[C@H](N)C[C@H](c2ccncc2Nc2ncc3ccc(-c4c(F)cc(C5CC5)cc4F)nn23)C[C@@H]1C. The number of carbonyl (C=O) groups excluding carboxylic acids is 1. The Kier molecular flexibility index (Phi) is 7.06. The van der Waals surface area contributed by atoms with Crippen LogP contribution in [0.15, 0.2) is 48.9 Å². The maximum Gasteiger partial charge on any atom is 0.409 e. The zero-order chi connectivity index (χ0) is 28.8. The van der Waals surface area contributed by atoms with Crippen LogP contribution in [0, 0.1) is 17.6 Å². The van der Waals surface area contributed by atoms with E-state index in [1.165, 1.54) is 23.8 Å². The number of aromatic nitrogens is 4. The standard InChI is InChI=1S/C30H33F2N7O2/c1-16-10-19(13-24(33)28(16)38(2)30(40)41-3)21-8-9-34-15-26(21)36-29-35-14-20-6-7-25(37-39(20)29)27-22(31)11-18(12-23(27)32)17-4-5-17/h6-9,11-12,14-17,19,24,28H,4-5,10,13,33H2,1-3H3,(H,35,36)/t16-,19+,24+,28-/m0/s1. The molecule has 4 atom stereocenters. The van der Waals surface area contributed by atoms with Crippen molar-refractivity contribution < 1.29 is 18.3 Å². The van der Waals surface area contributed by atoms with Crippen LogP contribution in [0.5, 0.6) is 0 Å². The van der Waals surface area contributed by atoms with Crippen molar-refractivity contribution in [2.24, 2.45) is 11.7 Å². The Morgan fingerprint density at radius 1 is 1.12 bits per heavy atom. The summed E-state index contributed by atoms with van der Waals surface area (Å²) in [5.74, 6) is -0.383. The van der Waals surface area contributed by atoms with Gasteiger partial charge in [0.25, 0.3) is 0 Å². The van der Waals surface area contributed by atoms with Gasteiger partial charge < -0.3 is 20.7 Å². The van der Waals surface area contributed by atoms with Crippen LogP contribution in [-0.2, 0) is 4.74 Å². The Morgan fingerprint density at radius 2 is 1.88 bits per heavy atom. The second-order valence-electron chi connectivity index (χ2n) is 11.2. The van der Waals surface area contributed by atoms with Crippen LogP contribution in [0.2, 0.25) is 0 Å². The molecule has 0 aliphatic heterocycles. The number of likely N-dealkylation sites (N-methyl/N-ethyl adjacent to an activating group) is 1. The van der Waals surface area contributed by atoms with Crippen molar-refractivity contribution in [1.82, 2.24) is 24.5 Å². The van der Waals surface area contributed by atoms with Gasteiger partial charge in [-0.1, -0.05) is 6.92 Å². The van der Waals surface area contributed by atoms with Gasteiger partial charge in [0, 0.05) is 19.3 Å². The van der Waals surface area contributed by atoms with Crippen molar-refractivity contribution in [3.05, 3.63) is 71.7 Å². The minimum absolute atomic E-state index is 0.107. The fourth-order valence-corrected chi connectivity index (χ4v) is 6.34. The molecule has 2 fully saturated rings. The average molecular weight is 562 g/mol. The molecule has 6 rings (SSSR count). The summed E-state index contributed by atoms with van der Waals surface area (Å²) in [7, 11) is 3.08. The lowest BCUT2D eigenvalue weighted by atomic mass is 9.73. The summed E-state index contributed by atoms with van der Waals surface area (Å²) < 4.78 is 36.6. The third kappa shape index (κ3) is 5.10. The van der Waals surface area contributed by atoms with Crippen molar-refractivity contribution in [2.45, 2.75) is 56.5 Å². The number of amides is 1. The Morgan fingerprint density at radius 3 is 2.56 bits per heavy atom. The molecule has 3 aromatic heterocycles. The number of imidazole rings is 1. The van der Waals surface area contributed by atoms with Gasteiger partial charge in [0.1, 0.15) is 11.6 Å². The van der Waals surface area contributed by atoms with Crippen LogP contribution < -0.4 is 11.1 Å². The number of fused-ring (bicyclic) bond motifs is 1. The van der Waals surface area contributed by atoms with Crippen LogP contribution in [0.3, 0.4) is 0 Å². The number of nitrogens with one attached hydrogen (secondary N) is 1. The van der Waals surface area contributed by atoms with Gasteiger partial charge in [0.15, 0.2) is 0 Å². The number of carbonyl (C=O) groups is 1. The fourth-order valence-electron chi connectivity index (χ4n) is 6.34. The lowest BCUT2D eigenvalue weighted by Gasteiger charge is -2.43. The van der Waals surface area contributed by atoms with Crippen LogP contribution in [0.1, 0.15) is 55.6 Å². The van der Waals surface area contributed by atoms with Crippen LogP contribution in [0.4, 0.5) is 25.2 Å². The number of methoxy groups -OCH3 is 1. The van der Waals surface area contributed by atoms with E-state index < -0.39 is 17.7 Å². The van der Waals surface area contributed by atoms with E-state index in [2.05, 4.69) is 27.3 Å². The Labute approximate surface area is 236 Å². The van der Waals surface area contributed by atoms with Gasteiger partial charge in [-0.3, -0.25) is 4.98 Å². The fraction of sp³-hybridized carbons (Fsp3) is 0.400. The van der Waals surface area contributed by atoms with Gasteiger partial charge in [0.05, 0.1) is 48.0 Å². The molecule has 2 aliphatic rings. The lowest BCUT2D eigenvalue weighted by molar-refractivity contribution is 0.0778. The van der Waals surface area contributed by atoms with Gasteiger partial charge in [-0.25, -0.2) is 18.6 Å². The van der Waals surface area contributed by atoms with E-state index in [1.807, 2.05) is 6.07 Å². The van der Waals surface area contributed by atoms with Crippen LogP contribution in [-0.4, -0.2) is 56.8 Å². The van der Waals surface area contributed by atoms with Crippen molar-refractivity contribution in [1.29, 1.82) is 0 Å². The normalized spacial score (nSPS) is 22.5. The van der Waals surface area contributed by atoms with E-state index in [0.717, 1.165) is 30.5 Å². The highest BCUT2D eigenvalue weighted by molar-refractivity contribution is 5.68. The number of hydrogen-bond acceptors (Lipinski definition) is 7. The number of halogens is 2. The average Bonchev–Trinajstić information content (AvgIpc) is 3.73. The molecule has 3 heterocycles. The van der Waals surface area contributed by atoms with Gasteiger partial charge in [0.2, 0.25) is 5.95 Å². The zero-order valence-electron chi connectivity index (χ0n) is 23.2. The van der Waals surface area contributed by atoms with E-state index >= 15 is 8.78 Å². The van der Waals surface area contributed by atoms with E-state index in [1.54, 1.807) is 42.7 Å². The number of nitrogens with two attached hydrogens (primary N) is 1. The molecule has 9 nitrogen and oxygen atoms in total. The van der Waals surface area contributed by atoms with Crippen LogP contribution >= 0.6 is 0 Å². The van der Waals surface area contributed by atoms with Crippen LogP contribution in [0.25, 0.3) is 16.8 Å². The second kappa shape index (κ2) is 10.7. The third-order valence-electron chi connectivity index (χ3n) is 8.44. The van der Waals surface area contributed by atoms with Crippen molar-refractivity contribution in [2.75, 3.05) is 19.5 Å². The predicted molar refractivity (Wildman–Crippen MR) is 151 cm³/mol. The first-order chi connectivity index (χ1) is 19.7. The highest BCUT2D eigenvalue weighted by Gasteiger charge is 2.39. The lowest BCUT2D eigenvalue weighted by Crippen LogP contribution is -2.55. The number of hydrogen-bond donors (Lipinski definition) is 2. The Hall–Kier alpha value is -4.12. The van der Waals surface area contributed by atoms with Crippen molar-refractivity contribution in [3.63, 3.8) is 0 Å². The molecule has 4 aromatic rings. The summed E-state index contributed by atoms with van der Waals surface area (Å²) in [4.78, 5) is 22.5. The van der Waals surface area contributed by atoms with Gasteiger partial charge in [-0.2, -0.15) is 9.61 Å². The molecule has 214 valence electrons. The minimum Gasteiger partial charge on any atom is -0.453 e. The van der Waals surface area contributed by atoms with Crippen molar-refractivity contribution in [3.8, 4) is 11.3 Å². The molecule has 0 bridgehead atoms. The first-order valence-electron chi connectivity index (χ1n) is 13.9. The Bertz CT molecular complexity index is 1570. The van der Waals surface area contributed by atoms with Crippen molar-refractivity contribution >= 4 is 23.2 Å². The summed E-state index contributed by atoms with van der Waals surface area (Å²) >= 11 is 0. The molecule has 2 aliphatic carbocycles. The summed E-state index contributed by atoms with van der Waals surface area (Å²) in [6.07, 6.45) is 8.08. The number of rotatable bonds is 6. The highest BCUT2D eigenvalue weighted by atomic mass is 19.1. The number of nitrogens with zero attached hydrogens (tertiary/aromatic N) is 5. The molecule has 1 aromatic carbocycles. The largest absolute Gasteiger partial charge is 0.453 e. The summed E-state index contributed by atoms with van der Waals surface area (Å²) in [6.45, 7) is 2.09.